The molecule has 1 fully saturated rings. The number of carbonyl (C=O) groups is 1. The molecule has 5 rings (SSSR count). The van der Waals surface area contributed by atoms with Gasteiger partial charge in [-0.1, -0.05) is 6.07 Å². The quantitative estimate of drug-likeness (QED) is 0.259. The number of hydrogen-bond donors (Lipinski definition) is 1. The number of aliphatic carboxylic acids is 1. The summed E-state index contributed by atoms with van der Waals surface area (Å²) in [4.78, 5) is 22.7. The number of carboxylic acid groups (broad SMARTS) is 1. The van der Waals surface area contributed by atoms with Crippen molar-refractivity contribution in [2.45, 2.75) is 59.4 Å². The molecule has 41 heavy (non-hydrogen) atoms. The van der Waals surface area contributed by atoms with Gasteiger partial charge in [0.2, 0.25) is 0 Å². The summed E-state index contributed by atoms with van der Waals surface area (Å²) in [5, 5.41) is 9.75. The largest absolute Gasteiger partial charge is 0.487 e. The van der Waals surface area contributed by atoms with Gasteiger partial charge in [0.1, 0.15) is 41.7 Å². The lowest BCUT2D eigenvalue weighted by Gasteiger charge is -2.30. The Morgan fingerprint density at radius 2 is 1.85 bits per heavy atom. The highest BCUT2D eigenvalue weighted by atomic mass is 19.1. The average molecular weight is 567 g/mol. The van der Waals surface area contributed by atoms with E-state index < -0.39 is 29.2 Å². The van der Waals surface area contributed by atoms with Gasteiger partial charge in [0.05, 0.1) is 23.0 Å². The van der Waals surface area contributed by atoms with Crippen LogP contribution in [0.4, 0.5) is 18.9 Å². The van der Waals surface area contributed by atoms with E-state index in [2.05, 4.69) is 4.98 Å². The molecule has 10 heteroatoms. The Balaban J connectivity index is 1.46. The van der Waals surface area contributed by atoms with Crippen LogP contribution in [0.1, 0.15) is 49.3 Å². The number of pyridine rings is 1. The SMILES string of the molecule is Cc1cnc(COc2ccc3nc(CC(C)(C)C(=O)O)n(Cc4ccc(N5CCC(F)CC5)cc4F)c3c2)c(F)c1. The van der Waals surface area contributed by atoms with Crippen LogP contribution in [-0.2, 0) is 24.4 Å². The minimum atomic E-state index is -1.11. The van der Waals surface area contributed by atoms with Gasteiger partial charge >= 0.3 is 5.97 Å². The number of nitrogens with zero attached hydrogens (tertiary/aromatic N) is 4. The molecule has 2 aromatic heterocycles. The fraction of sp³-hybridized carbons (Fsp3) is 0.387. The van der Waals surface area contributed by atoms with Crippen molar-refractivity contribution in [1.29, 1.82) is 0 Å². The van der Waals surface area contributed by atoms with Crippen molar-refractivity contribution in [2.24, 2.45) is 5.41 Å². The number of halogens is 3. The molecule has 216 valence electrons. The third-order valence-corrected chi connectivity index (χ3v) is 7.56. The standard InChI is InChI=1S/C31H33F3N4O3/c1-19-12-25(34)27(35-16-19)18-41-23-6-7-26-28(14-23)38(29(36-26)15-31(2,3)30(39)40)17-20-4-5-22(13-24(20)33)37-10-8-21(32)9-11-37/h4-7,12-14,16,21H,8-11,15,17-18H2,1-3H3,(H,39,40). The van der Waals surface area contributed by atoms with Gasteiger partial charge in [-0.2, -0.15) is 0 Å². The van der Waals surface area contributed by atoms with Crippen LogP contribution in [0.15, 0.2) is 48.7 Å². The molecule has 0 unspecified atom stereocenters. The molecule has 4 aromatic rings. The molecule has 2 aromatic carbocycles. The van der Waals surface area contributed by atoms with E-state index in [0.717, 1.165) is 0 Å². The van der Waals surface area contributed by atoms with Crippen LogP contribution in [0.3, 0.4) is 0 Å². The molecule has 1 aliphatic heterocycles. The highest BCUT2D eigenvalue weighted by molar-refractivity contribution is 5.79. The lowest BCUT2D eigenvalue weighted by atomic mass is 9.89. The van der Waals surface area contributed by atoms with E-state index in [1.165, 1.54) is 12.1 Å². The number of fused-ring (bicyclic) bond motifs is 1. The smallest absolute Gasteiger partial charge is 0.309 e. The number of ether oxygens (including phenoxy) is 1. The molecular formula is C31H33F3N4O3. The summed E-state index contributed by atoms with van der Waals surface area (Å²) >= 11 is 0. The topological polar surface area (TPSA) is 80.5 Å². The summed E-state index contributed by atoms with van der Waals surface area (Å²) in [7, 11) is 0. The first-order valence-electron chi connectivity index (χ1n) is 13.6. The number of aromatic nitrogens is 3. The van der Waals surface area contributed by atoms with Crippen LogP contribution in [-0.4, -0.2) is 44.9 Å². The molecule has 1 N–H and O–H groups in total. The first kappa shape index (κ1) is 28.4. The van der Waals surface area contributed by atoms with Crippen LogP contribution in [0.5, 0.6) is 5.75 Å². The van der Waals surface area contributed by atoms with Crippen molar-refractivity contribution in [1.82, 2.24) is 14.5 Å². The van der Waals surface area contributed by atoms with Crippen LogP contribution < -0.4 is 9.64 Å². The highest BCUT2D eigenvalue weighted by Gasteiger charge is 2.30. The second-order valence-electron chi connectivity index (χ2n) is 11.3. The lowest BCUT2D eigenvalue weighted by Crippen LogP contribution is -2.34. The van der Waals surface area contributed by atoms with E-state index in [-0.39, 0.29) is 25.3 Å². The average Bonchev–Trinajstić information content (AvgIpc) is 3.25. The van der Waals surface area contributed by atoms with Crippen molar-refractivity contribution in [3.8, 4) is 5.75 Å². The second kappa shape index (κ2) is 11.4. The maximum absolute atomic E-state index is 15.4. The van der Waals surface area contributed by atoms with Crippen molar-refractivity contribution >= 4 is 22.7 Å². The molecule has 0 atom stereocenters. The predicted molar refractivity (Wildman–Crippen MR) is 150 cm³/mol. The number of aryl methyl sites for hydroxylation is 1. The monoisotopic (exact) mass is 566 g/mol. The van der Waals surface area contributed by atoms with Gasteiger partial charge < -0.3 is 19.3 Å². The van der Waals surface area contributed by atoms with Gasteiger partial charge in [-0.25, -0.2) is 18.2 Å². The van der Waals surface area contributed by atoms with Gasteiger partial charge in [-0.05, 0) is 69.5 Å². The number of benzene rings is 2. The number of alkyl halides is 1. The molecule has 1 aliphatic rings. The minimum absolute atomic E-state index is 0.0829. The highest BCUT2D eigenvalue weighted by Crippen LogP contribution is 2.30. The van der Waals surface area contributed by atoms with Crippen LogP contribution in [0.25, 0.3) is 11.0 Å². The van der Waals surface area contributed by atoms with E-state index in [1.807, 2.05) is 11.0 Å². The predicted octanol–water partition coefficient (Wildman–Crippen LogP) is 6.24. The summed E-state index contributed by atoms with van der Waals surface area (Å²) in [6.45, 7) is 6.08. The fourth-order valence-corrected chi connectivity index (χ4v) is 4.98. The van der Waals surface area contributed by atoms with Gasteiger partial charge in [0, 0.05) is 43.0 Å². The van der Waals surface area contributed by atoms with Crippen LogP contribution in [0.2, 0.25) is 0 Å². The molecule has 0 aliphatic carbocycles. The van der Waals surface area contributed by atoms with Crippen molar-refractivity contribution in [3.63, 3.8) is 0 Å². The first-order valence-corrected chi connectivity index (χ1v) is 13.6. The Morgan fingerprint density at radius 1 is 1.10 bits per heavy atom. The molecular weight excluding hydrogens is 533 g/mol. The van der Waals surface area contributed by atoms with E-state index in [9.17, 15) is 18.7 Å². The summed E-state index contributed by atoms with van der Waals surface area (Å²) in [6.07, 6.45) is 1.71. The van der Waals surface area contributed by atoms with Gasteiger partial charge in [0.15, 0.2) is 0 Å². The fourth-order valence-electron chi connectivity index (χ4n) is 4.98. The zero-order chi connectivity index (χ0) is 29.3. The number of piperidine rings is 1. The van der Waals surface area contributed by atoms with E-state index in [0.29, 0.717) is 65.4 Å². The van der Waals surface area contributed by atoms with Gasteiger partial charge in [0.25, 0.3) is 0 Å². The molecule has 7 nitrogen and oxygen atoms in total. The summed E-state index contributed by atoms with van der Waals surface area (Å²) < 4.78 is 50.9. The molecule has 0 spiro atoms. The maximum Gasteiger partial charge on any atom is 0.309 e. The second-order valence-corrected chi connectivity index (χ2v) is 11.3. The van der Waals surface area contributed by atoms with Crippen molar-refractivity contribution in [2.75, 3.05) is 18.0 Å². The number of anilines is 1. The van der Waals surface area contributed by atoms with E-state index in [1.54, 1.807) is 55.8 Å². The van der Waals surface area contributed by atoms with E-state index in [4.69, 9.17) is 9.72 Å². The molecule has 3 heterocycles. The zero-order valence-electron chi connectivity index (χ0n) is 23.3. The van der Waals surface area contributed by atoms with Crippen LogP contribution >= 0.6 is 0 Å². The third-order valence-electron chi connectivity index (χ3n) is 7.56. The van der Waals surface area contributed by atoms with Crippen LogP contribution in [0, 0.1) is 24.0 Å². The zero-order valence-corrected chi connectivity index (χ0v) is 23.3. The molecule has 0 radical (unpaired) electrons. The first-order chi connectivity index (χ1) is 19.5. The van der Waals surface area contributed by atoms with Crippen molar-refractivity contribution in [3.05, 3.63) is 82.9 Å². The molecule has 1 saturated heterocycles. The molecule has 0 amide bonds. The summed E-state index contributed by atoms with van der Waals surface area (Å²) in [5.74, 6) is -0.910. The summed E-state index contributed by atoms with van der Waals surface area (Å²) in [6, 6.07) is 11.6. The normalized spacial score (nSPS) is 14.5. The Labute approximate surface area is 236 Å². The Morgan fingerprint density at radius 3 is 2.54 bits per heavy atom. The Kier molecular flexibility index (Phi) is 7.93. The lowest BCUT2D eigenvalue weighted by molar-refractivity contribution is -0.146. The number of hydrogen-bond acceptors (Lipinski definition) is 5. The van der Waals surface area contributed by atoms with Gasteiger partial charge in [-0.15, -0.1) is 0 Å². The Bertz CT molecular complexity index is 1580. The molecule has 0 bridgehead atoms. The number of rotatable bonds is 9. The molecule has 0 saturated carbocycles. The van der Waals surface area contributed by atoms with Crippen molar-refractivity contribution < 1.29 is 27.8 Å². The third kappa shape index (κ3) is 6.31. The number of imidazole rings is 1. The van der Waals surface area contributed by atoms with E-state index >= 15 is 4.39 Å². The Hall–Kier alpha value is -4.08. The maximum atomic E-state index is 15.4. The minimum Gasteiger partial charge on any atom is -0.487 e. The number of carboxylic acids is 1. The van der Waals surface area contributed by atoms with Gasteiger partial charge in [-0.3, -0.25) is 9.78 Å². The summed E-state index contributed by atoms with van der Waals surface area (Å²) in [5.41, 5.74) is 2.10.